The first-order chi connectivity index (χ1) is 10.1. The molecule has 1 aromatic rings. The maximum Gasteiger partial charge on any atom is 0.0409 e. The summed E-state index contributed by atoms with van der Waals surface area (Å²) in [6.45, 7) is 10.5. The van der Waals surface area contributed by atoms with Gasteiger partial charge in [0.15, 0.2) is 0 Å². The van der Waals surface area contributed by atoms with Gasteiger partial charge in [-0.2, -0.15) is 0 Å². The van der Waals surface area contributed by atoms with Crippen molar-refractivity contribution in [1.29, 1.82) is 0 Å². The molecule has 3 atom stereocenters. The Bertz CT molecular complexity index is 435. The first-order valence-electron chi connectivity index (χ1n) is 8.37. The van der Waals surface area contributed by atoms with Crippen molar-refractivity contribution in [2.45, 2.75) is 52.1 Å². The molecular weight excluding hydrogens is 280 g/mol. The van der Waals surface area contributed by atoms with E-state index in [1.54, 1.807) is 0 Å². The first kappa shape index (κ1) is 16.8. The van der Waals surface area contributed by atoms with E-state index in [2.05, 4.69) is 43.1 Å². The molecule has 0 amide bonds. The van der Waals surface area contributed by atoms with E-state index in [9.17, 15) is 0 Å². The van der Waals surface area contributed by atoms with Gasteiger partial charge in [0.25, 0.3) is 0 Å². The maximum atomic E-state index is 6.13. The van der Waals surface area contributed by atoms with Crippen LogP contribution in [0.1, 0.15) is 51.6 Å². The predicted octanol–water partition coefficient (Wildman–Crippen LogP) is 4.50. The summed E-state index contributed by atoms with van der Waals surface area (Å²) in [4.78, 5) is 2.58. The Balaban J connectivity index is 1.97. The van der Waals surface area contributed by atoms with Gasteiger partial charge in [0.1, 0.15) is 0 Å². The number of benzene rings is 1. The van der Waals surface area contributed by atoms with Crippen molar-refractivity contribution in [3.63, 3.8) is 0 Å². The smallest absolute Gasteiger partial charge is 0.0409 e. The minimum Gasteiger partial charge on any atom is -0.307 e. The summed E-state index contributed by atoms with van der Waals surface area (Å²) in [7, 11) is 0. The van der Waals surface area contributed by atoms with E-state index in [1.165, 1.54) is 38.0 Å². The van der Waals surface area contributed by atoms with Crippen LogP contribution in [0.15, 0.2) is 24.3 Å². The minimum atomic E-state index is 0.399. The lowest BCUT2D eigenvalue weighted by molar-refractivity contribution is 0.152. The third-order valence-corrected chi connectivity index (χ3v) is 5.05. The van der Waals surface area contributed by atoms with Crippen LogP contribution in [0, 0.1) is 5.92 Å². The normalized spacial score (nSPS) is 23.0. The van der Waals surface area contributed by atoms with Crippen LogP contribution in [-0.4, -0.2) is 30.6 Å². The van der Waals surface area contributed by atoms with Crippen LogP contribution < -0.4 is 5.32 Å². The average molecular weight is 309 g/mol. The number of likely N-dealkylation sites (tertiary alicyclic amines) is 1. The van der Waals surface area contributed by atoms with E-state index < -0.39 is 0 Å². The molecular formula is C18H29ClN2. The highest BCUT2D eigenvalue weighted by Gasteiger charge is 2.25. The van der Waals surface area contributed by atoms with E-state index in [0.29, 0.717) is 12.1 Å². The fraction of sp³-hybridized carbons (Fsp3) is 0.667. The molecule has 118 valence electrons. The van der Waals surface area contributed by atoms with Gasteiger partial charge < -0.3 is 10.2 Å². The number of hydrogen-bond donors (Lipinski definition) is 1. The van der Waals surface area contributed by atoms with Crippen LogP contribution in [0.3, 0.4) is 0 Å². The molecule has 21 heavy (non-hydrogen) atoms. The third-order valence-electron chi connectivity index (χ3n) is 4.82. The molecule has 0 aromatic heterocycles. The first-order valence-corrected chi connectivity index (χ1v) is 8.75. The number of piperidine rings is 1. The largest absolute Gasteiger partial charge is 0.307 e. The summed E-state index contributed by atoms with van der Waals surface area (Å²) >= 11 is 6.13. The van der Waals surface area contributed by atoms with Gasteiger partial charge in [-0.3, -0.25) is 0 Å². The van der Waals surface area contributed by atoms with Crippen molar-refractivity contribution in [2.75, 3.05) is 19.6 Å². The van der Waals surface area contributed by atoms with Gasteiger partial charge >= 0.3 is 0 Å². The number of halogens is 1. The monoisotopic (exact) mass is 308 g/mol. The standard InChI is InChI=1S/C18H29ClN2/c1-4-18(15-8-6-10-17(19)12-15)20-14(3)16-9-7-11-21(5-2)13-16/h6,8,10,12,14,16,18,20H,4-5,7,9,11,13H2,1-3H3. The van der Waals surface area contributed by atoms with Crippen molar-refractivity contribution in [1.82, 2.24) is 10.2 Å². The Morgan fingerprint density at radius 3 is 2.86 bits per heavy atom. The van der Waals surface area contributed by atoms with Crippen LogP contribution in [0.25, 0.3) is 0 Å². The predicted molar refractivity (Wildman–Crippen MR) is 91.9 cm³/mol. The molecule has 1 fully saturated rings. The Kier molecular flexibility index (Phi) is 6.53. The molecule has 0 radical (unpaired) electrons. The van der Waals surface area contributed by atoms with E-state index in [1.807, 2.05) is 12.1 Å². The Morgan fingerprint density at radius 1 is 1.38 bits per heavy atom. The minimum absolute atomic E-state index is 0.399. The van der Waals surface area contributed by atoms with Crippen LogP contribution in [0.2, 0.25) is 5.02 Å². The highest BCUT2D eigenvalue weighted by Crippen LogP contribution is 2.25. The highest BCUT2D eigenvalue weighted by molar-refractivity contribution is 6.30. The van der Waals surface area contributed by atoms with Gasteiger partial charge in [-0.15, -0.1) is 0 Å². The van der Waals surface area contributed by atoms with Crippen molar-refractivity contribution in [3.05, 3.63) is 34.9 Å². The molecule has 1 N–H and O–H groups in total. The zero-order valence-corrected chi connectivity index (χ0v) is 14.4. The lowest BCUT2D eigenvalue weighted by atomic mass is 9.90. The quantitative estimate of drug-likeness (QED) is 0.832. The fourth-order valence-corrected chi connectivity index (χ4v) is 3.61. The molecule has 3 heteroatoms. The fourth-order valence-electron chi connectivity index (χ4n) is 3.41. The SMILES string of the molecule is CCC(NC(C)C1CCCN(CC)C1)c1cccc(Cl)c1. The molecule has 0 spiro atoms. The van der Waals surface area contributed by atoms with Gasteiger partial charge in [0.05, 0.1) is 0 Å². The van der Waals surface area contributed by atoms with E-state index in [0.717, 1.165) is 17.4 Å². The number of nitrogens with one attached hydrogen (secondary N) is 1. The van der Waals surface area contributed by atoms with Gasteiger partial charge in [0.2, 0.25) is 0 Å². The van der Waals surface area contributed by atoms with Gasteiger partial charge in [-0.25, -0.2) is 0 Å². The zero-order valence-electron chi connectivity index (χ0n) is 13.6. The number of rotatable bonds is 6. The highest BCUT2D eigenvalue weighted by atomic mass is 35.5. The van der Waals surface area contributed by atoms with Crippen LogP contribution >= 0.6 is 11.6 Å². The molecule has 3 unspecified atom stereocenters. The van der Waals surface area contributed by atoms with Crippen molar-refractivity contribution < 1.29 is 0 Å². The summed E-state index contributed by atoms with van der Waals surface area (Å²) in [6, 6.07) is 9.21. The lowest BCUT2D eigenvalue weighted by Gasteiger charge is -2.37. The number of nitrogens with zero attached hydrogens (tertiary/aromatic N) is 1. The molecule has 2 rings (SSSR count). The lowest BCUT2D eigenvalue weighted by Crippen LogP contribution is -2.45. The second kappa shape index (κ2) is 8.17. The summed E-state index contributed by atoms with van der Waals surface area (Å²) in [5, 5.41) is 4.67. The summed E-state index contributed by atoms with van der Waals surface area (Å²) < 4.78 is 0. The van der Waals surface area contributed by atoms with Gasteiger partial charge in [-0.05, 0) is 62.9 Å². The Hall–Kier alpha value is -0.570. The van der Waals surface area contributed by atoms with E-state index in [4.69, 9.17) is 11.6 Å². The average Bonchev–Trinajstić information content (AvgIpc) is 2.52. The molecule has 1 saturated heterocycles. The molecule has 1 aliphatic rings. The molecule has 0 bridgehead atoms. The van der Waals surface area contributed by atoms with E-state index in [-0.39, 0.29) is 0 Å². The van der Waals surface area contributed by atoms with Crippen LogP contribution in [0.4, 0.5) is 0 Å². The summed E-state index contributed by atoms with van der Waals surface area (Å²) in [6.07, 6.45) is 3.77. The van der Waals surface area contributed by atoms with Crippen molar-refractivity contribution in [2.24, 2.45) is 5.92 Å². The van der Waals surface area contributed by atoms with Crippen molar-refractivity contribution >= 4 is 11.6 Å². The topological polar surface area (TPSA) is 15.3 Å². The molecule has 0 aliphatic carbocycles. The number of hydrogen-bond acceptors (Lipinski definition) is 2. The molecule has 1 heterocycles. The Morgan fingerprint density at radius 2 is 2.19 bits per heavy atom. The van der Waals surface area contributed by atoms with Crippen LogP contribution in [0.5, 0.6) is 0 Å². The maximum absolute atomic E-state index is 6.13. The van der Waals surface area contributed by atoms with Gasteiger partial charge in [-0.1, -0.05) is 37.6 Å². The molecule has 0 saturated carbocycles. The van der Waals surface area contributed by atoms with Crippen LogP contribution in [-0.2, 0) is 0 Å². The van der Waals surface area contributed by atoms with E-state index >= 15 is 0 Å². The second-order valence-corrected chi connectivity index (χ2v) is 6.70. The summed E-state index contributed by atoms with van der Waals surface area (Å²) in [5.41, 5.74) is 1.31. The summed E-state index contributed by atoms with van der Waals surface area (Å²) in [5.74, 6) is 0.756. The van der Waals surface area contributed by atoms with Gasteiger partial charge in [0, 0.05) is 23.7 Å². The zero-order chi connectivity index (χ0) is 15.2. The molecule has 2 nitrogen and oxygen atoms in total. The van der Waals surface area contributed by atoms with Crippen molar-refractivity contribution in [3.8, 4) is 0 Å². The third kappa shape index (κ3) is 4.70. The molecule has 1 aromatic carbocycles. The Labute approximate surface area is 134 Å². The molecule has 1 aliphatic heterocycles. The second-order valence-electron chi connectivity index (χ2n) is 6.27.